The Morgan fingerprint density at radius 3 is 2.29 bits per heavy atom. The van der Waals surface area contributed by atoms with Crippen LogP contribution in [0.25, 0.3) is 16.8 Å². The number of fused-ring (bicyclic) bond motifs is 5. The first-order chi connectivity index (χ1) is 15.1. The summed E-state index contributed by atoms with van der Waals surface area (Å²) in [4.78, 5) is 2.50. The highest BCUT2D eigenvalue weighted by atomic mass is 16.5. The Labute approximate surface area is 183 Å². The number of hydrogen-bond donors (Lipinski definition) is 0. The van der Waals surface area contributed by atoms with Crippen LogP contribution >= 0.6 is 0 Å². The highest BCUT2D eigenvalue weighted by Crippen LogP contribution is 2.54. The fourth-order valence-corrected chi connectivity index (χ4v) is 5.30. The largest absolute Gasteiger partial charge is 0.463 e. The van der Waals surface area contributed by atoms with Gasteiger partial charge in [0.05, 0.1) is 0 Å². The van der Waals surface area contributed by atoms with Crippen molar-refractivity contribution in [1.29, 1.82) is 0 Å². The maximum absolute atomic E-state index is 7.08. The van der Waals surface area contributed by atoms with E-state index in [9.17, 15) is 0 Å². The molecular weight excluding hydrogens is 378 g/mol. The van der Waals surface area contributed by atoms with Crippen molar-refractivity contribution in [2.45, 2.75) is 31.7 Å². The summed E-state index contributed by atoms with van der Waals surface area (Å²) >= 11 is 0. The van der Waals surface area contributed by atoms with Gasteiger partial charge in [0.2, 0.25) is 5.72 Å². The van der Waals surface area contributed by atoms with Crippen molar-refractivity contribution in [2.75, 3.05) is 0 Å². The van der Waals surface area contributed by atoms with Crippen molar-refractivity contribution in [2.24, 2.45) is 0 Å². The van der Waals surface area contributed by atoms with E-state index >= 15 is 0 Å². The molecule has 0 bridgehead atoms. The molecule has 31 heavy (non-hydrogen) atoms. The van der Waals surface area contributed by atoms with Gasteiger partial charge in [0.1, 0.15) is 5.75 Å². The molecule has 2 aliphatic rings. The number of hydrogen-bond acceptors (Lipinski definition) is 2. The number of benzene rings is 4. The molecule has 1 atom stereocenters. The predicted octanol–water partition coefficient (Wildman–Crippen LogP) is 6.85. The molecule has 0 aromatic heterocycles. The van der Waals surface area contributed by atoms with E-state index in [-0.39, 0.29) is 5.54 Å². The normalized spacial score (nSPS) is 21.1. The van der Waals surface area contributed by atoms with E-state index in [1.165, 1.54) is 22.1 Å². The summed E-state index contributed by atoms with van der Waals surface area (Å²) in [5.74, 6) is 0.964. The first-order valence-electron chi connectivity index (χ1n) is 10.9. The van der Waals surface area contributed by atoms with Crippen molar-refractivity contribution in [1.82, 2.24) is 4.90 Å². The highest BCUT2D eigenvalue weighted by Gasteiger charge is 2.55. The van der Waals surface area contributed by atoms with Crippen molar-refractivity contribution in [3.8, 4) is 5.75 Å². The zero-order valence-electron chi connectivity index (χ0n) is 17.9. The van der Waals surface area contributed by atoms with E-state index < -0.39 is 5.72 Å². The summed E-state index contributed by atoms with van der Waals surface area (Å²) in [6.07, 6.45) is 4.49. The van der Waals surface area contributed by atoms with Gasteiger partial charge < -0.3 is 4.74 Å². The van der Waals surface area contributed by atoms with Crippen LogP contribution < -0.4 is 4.74 Å². The lowest BCUT2D eigenvalue weighted by Crippen LogP contribution is -2.51. The Kier molecular flexibility index (Phi) is 3.90. The van der Waals surface area contributed by atoms with Crippen molar-refractivity contribution >= 4 is 16.8 Å². The molecule has 4 aromatic rings. The molecule has 152 valence electrons. The molecule has 0 N–H and O–H groups in total. The van der Waals surface area contributed by atoms with Crippen LogP contribution in [0.2, 0.25) is 0 Å². The van der Waals surface area contributed by atoms with Crippen molar-refractivity contribution in [3.63, 3.8) is 0 Å². The Morgan fingerprint density at radius 1 is 0.742 bits per heavy atom. The second-order valence-electron chi connectivity index (χ2n) is 9.01. The average molecular weight is 404 g/mol. The molecule has 1 spiro atoms. The summed E-state index contributed by atoms with van der Waals surface area (Å²) in [5, 5.41) is 2.36. The van der Waals surface area contributed by atoms with Crippen LogP contribution in [-0.2, 0) is 17.8 Å². The fourth-order valence-electron chi connectivity index (χ4n) is 5.30. The zero-order chi connectivity index (χ0) is 21.1. The molecule has 0 aliphatic carbocycles. The molecule has 0 saturated carbocycles. The minimum Gasteiger partial charge on any atom is -0.463 e. The smallest absolute Gasteiger partial charge is 0.210 e. The molecule has 2 nitrogen and oxygen atoms in total. The van der Waals surface area contributed by atoms with Crippen molar-refractivity contribution < 1.29 is 4.74 Å². The summed E-state index contributed by atoms with van der Waals surface area (Å²) in [6.45, 7) is 5.41. The Hall–Kier alpha value is -3.36. The lowest BCUT2D eigenvalue weighted by atomic mass is 9.92. The van der Waals surface area contributed by atoms with Gasteiger partial charge >= 0.3 is 0 Å². The van der Waals surface area contributed by atoms with Crippen LogP contribution in [0.1, 0.15) is 36.1 Å². The van der Waals surface area contributed by atoms with Crippen LogP contribution in [0.4, 0.5) is 0 Å². The first kappa shape index (κ1) is 18.4. The molecule has 0 amide bonds. The number of ether oxygens (including phenoxy) is 1. The van der Waals surface area contributed by atoms with E-state index in [2.05, 4.69) is 122 Å². The molecule has 2 heteroatoms. The van der Waals surface area contributed by atoms with Crippen LogP contribution in [0.5, 0.6) is 5.75 Å². The predicted molar refractivity (Wildman–Crippen MR) is 127 cm³/mol. The van der Waals surface area contributed by atoms with Gasteiger partial charge in [-0.2, -0.15) is 0 Å². The molecule has 6 rings (SSSR count). The van der Waals surface area contributed by atoms with Gasteiger partial charge in [-0.15, -0.1) is 0 Å². The highest BCUT2D eigenvalue weighted by molar-refractivity contribution is 5.92. The summed E-state index contributed by atoms with van der Waals surface area (Å²) < 4.78 is 7.08. The quantitative estimate of drug-likeness (QED) is 0.363. The summed E-state index contributed by atoms with van der Waals surface area (Å²) in [7, 11) is 0. The minimum absolute atomic E-state index is 0.182. The third kappa shape index (κ3) is 2.62. The molecule has 0 radical (unpaired) electrons. The topological polar surface area (TPSA) is 12.5 Å². The third-order valence-corrected chi connectivity index (χ3v) is 6.89. The summed E-state index contributed by atoms with van der Waals surface area (Å²) in [5.41, 5.74) is 4.13. The molecule has 2 heterocycles. The second kappa shape index (κ2) is 6.57. The molecule has 1 unspecified atom stereocenters. The van der Waals surface area contributed by atoms with Gasteiger partial charge in [-0.3, -0.25) is 0 Å². The molecule has 0 saturated heterocycles. The second-order valence-corrected chi connectivity index (χ2v) is 9.01. The van der Waals surface area contributed by atoms with Crippen LogP contribution in [0.3, 0.4) is 0 Å². The monoisotopic (exact) mass is 403 g/mol. The van der Waals surface area contributed by atoms with E-state index in [1.54, 1.807) is 0 Å². The maximum Gasteiger partial charge on any atom is 0.210 e. The van der Waals surface area contributed by atoms with Crippen LogP contribution in [0.15, 0.2) is 97.1 Å². The molecule has 2 aliphatic heterocycles. The number of nitrogens with zero attached hydrogens (tertiary/aromatic N) is 1. The van der Waals surface area contributed by atoms with E-state index in [1.807, 2.05) is 0 Å². The van der Waals surface area contributed by atoms with E-state index in [4.69, 9.17) is 4.74 Å². The average Bonchev–Trinajstić information content (AvgIpc) is 2.99. The van der Waals surface area contributed by atoms with E-state index in [0.29, 0.717) is 0 Å². The van der Waals surface area contributed by atoms with Gasteiger partial charge in [-0.25, -0.2) is 4.90 Å². The minimum atomic E-state index is -0.646. The van der Waals surface area contributed by atoms with Gasteiger partial charge in [0.15, 0.2) is 0 Å². The van der Waals surface area contributed by atoms with E-state index in [0.717, 1.165) is 23.2 Å². The molecule has 4 aromatic carbocycles. The lowest BCUT2D eigenvalue weighted by Gasteiger charge is -2.44. The summed E-state index contributed by atoms with van der Waals surface area (Å²) in [6, 6.07) is 32.2. The van der Waals surface area contributed by atoms with Crippen LogP contribution in [-0.4, -0.2) is 4.90 Å². The van der Waals surface area contributed by atoms with Crippen LogP contribution in [0, 0.1) is 0 Å². The van der Waals surface area contributed by atoms with Gasteiger partial charge in [-0.05, 0) is 42.5 Å². The van der Waals surface area contributed by atoms with Gasteiger partial charge in [-0.1, -0.05) is 91.0 Å². The standard InChI is InChI=1S/C29H25NO/c1-28(2)25-14-8-9-15-26(25)29(30(28)20-21-10-4-3-5-11-21)19-18-23-17-16-22-12-6-7-13-24(22)27(23)31-29/h3-19H,20H2,1-2H3. The fraction of sp³-hybridized carbons (Fsp3) is 0.172. The number of rotatable bonds is 2. The Morgan fingerprint density at radius 2 is 1.45 bits per heavy atom. The Bertz CT molecular complexity index is 1320. The lowest BCUT2D eigenvalue weighted by molar-refractivity contribution is -0.0917. The first-order valence-corrected chi connectivity index (χ1v) is 10.9. The zero-order valence-corrected chi connectivity index (χ0v) is 17.9. The molecular formula is C29H25NO. The maximum atomic E-state index is 7.08. The SMILES string of the molecule is CC1(C)c2ccccc2C2(C=Cc3ccc4ccccc4c3O2)N1Cc1ccccc1. The third-order valence-electron chi connectivity index (χ3n) is 6.89. The molecule has 0 fully saturated rings. The Balaban J connectivity index is 1.57. The van der Waals surface area contributed by atoms with Gasteiger partial charge in [0, 0.05) is 28.6 Å². The van der Waals surface area contributed by atoms with Gasteiger partial charge in [0.25, 0.3) is 0 Å². The van der Waals surface area contributed by atoms with Crippen molar-refractivity contribution in [3.05, 3.63) is 119 Å².